The van der Waals surface area contributed by atoms with E-state index in [1.807, 2.05) is 6.92 Å². The van der Waals surface area contributed by atoms with Crippen molar-refractivity contribution in [2.75, 3.05) is 16.0 Å². The number of thiazole rings is 1. The molecule has 2 heterocycles. The first kappa shape index (κ1) is 20.3. The smallest absolute Gasteiger partial charge is 0.291 e. The number of anilines is 3. The zero-order valence-corrected chi connectivity index (χ0v) is 17.5. The molecule has 9 heteroatoms. The molecule has 8 nitrogen and oxygen atoms in total. The Labute approximate surface area is 181 Å². The van der Waals surface area contributed by atoms with Gasteiger partial charge in [-0.1, -0.05) is 17.4 Å². The molecule has 0 aliphatic rings. The number of nitrogens with one attached hydrogen (secondary N) is 3. The van der Waals surface area contributed by atoms with Crippen LogP contribution in [0.4, 0.5) is 16.5 Å². The van der Waals surface area contributed by atoms with E-state index in [1.165, 1.54) is 24.5 Å². The third-order valence-corrected chi connectivity index (χ3v) is 5.36. The highest BCUT2D eigenvalue weighted by Gasteiger charge is 2.14. The molecule has 2 aromatic heterocycles. The van der Waals surface area contributed by atoms with Gasteiger partial charge < -0.3 is 20.4 Å². The lowest BCUT2D eigenvalue weighted by atomic mass is 10.1. The summed E-state index contributed by atoms with van der Waals surface area (Å²) < 4.78 is 5.93. The Bertz CT molecular complexity index is 1290. The van der Waals surface area contributed by atoms with E-state index in [0.29, 0.717) is 22.1 Å². The zero-order chi connectivity index (χ0) is 22.0. The number of fused-ring (bicyclic) bond motifs is 1. The van der Waals surface area contributed by atoms with Crippen molar-refractivity contribution in [2.45, 2.75) is 13.8 Å². The van der Waals surface area contributed by atoms with E-state index >= 15 is 0 Å². The summed E-state index contributed by atoms with van der Waals surface area (Å²) in [6, 6.07) is 13.6. The van der Waals surface area contributed by atoms with Crippen molar-refractivity contribution in [3.63, 3.8) is 0 Å². The molecule has 0 saturated heterocycles. The summed E-state index contributed by atoms with van der Waals surface area (Å²) in [6.45, 7) is 3.26. The second-order valence-electron chi connectivity index (χ2n) is 6.80. The number of hydrogen-bond acceptors (Lipinski definition) is 6. The van der Waals surface area contributed by atoms with E-state index in [-0.39, 0.29) is 17.6 Å². The van der Waals surface area contributed by atoms with Crippen molar-refractivity contribution in [3.05, 3.63) is 71.7 Å². The van der Waals surface area contributed by atoms with Gasteiger partial charge in [-0.15, -0.1) is 0 Å². The molecule has 0 radical (unpaired) electrons. The van der Waals surface area contributed by atoms with Gasteiger partial charge in [0.05, 0.1) is 16.5 Å². The first-order valence-corrected chi connectivity index (χ1v) is 10.2. The van der Waals surface area contributed by atoms with Gasteiger partial charge in [0.25, 0.3) is 11.8 Å². The van der Waals surface area contributed by atoms with Gasteiger partial charge in [-0.25, -0.2) is 4.98 Å². The van der Waals surface area contributed by atoms with Crippen LogP contribution >= 0.6 is 11.3 Å². The maximum atomic E-state index is 12.8. The summed E-state index contributed by atoms with van der Waals surface area (Å²) in [6.07, 6.45) is 1.42. The van der Waals surface area contributed by atoms with Crippen molar-refractivity contribution in [2.24, 2.45) is 0 Å². The molecule has 0 bridgehead atoms. The predicted molar refractivity (Wildman–Crippen MR) is 120 cm³/mol. The van der Waals surface area contributed by atoms with Gasteiger partial charge in [-0.3, -0.25) is 14.4 Å². The minimum Gasteiger partial charge on any atom is -0.459 e. The van der Waals surface area contributed by atoms with Gasteiger partial charge in [0, 0.05) is 23.9 Å². The highest BCUT2D eigenvalue weighted by molar-refractivity contribution is 7.22. The summed E-state index contributed by atoms with van der Waals surface area (Å²) in [4.78, 5) is 40.6. The van der Waals surface area contributed by atoms with Crippen LogP contribution in [-0.2, 0) is 4.79 Å². The number of aromatic nitrogens is 1. The second-order valence-corrected chi connectivity index (χ2v) is 7.83. The van der Waals surface area contributed by atoms with E-state index in [2.05, 4.69) is 20.9 Å². The molecule has 0 aliphatic heterocycles. The summed E-state index contributed by atoms with van der Waals surface area (Å²) in [5, 5.41) is 8.77. The minimum absolute atomic E-state index is 0.186. The van der Waals surface area contributed by atoms with Gasteiger partial charge in [0.15, 0.2) is 10.9 Å². The average molecular weight is 434 g/mol. The molecule has 2 aromatic carbocycles. The molecule has 156 valence electrons. The fraction of sp³-hybridized carbons (Fsp3) is 0.0909. The van der Waals surface area contributed by atoms with Gasteiger partial charge in [0.2, 0.25) is 5.91 Å². The zero-order valence-electron chi connectivity index (χ0n) is 16.7. The number of carbonyl (C=O) groups excluding carboxylic acids is 3. The number of hydrogen-bond donors (Lipinski definition) is 3. The van der Waals surface area contributed by atoms with Gasteiger partial charge in [-0.2, -0.15) is 0 Å². The molecule has 3 N–H and O–H groups in total. The van der Waals surface area contributed by atoms with Crippen LogP contribution in [0.15, 0.2) is 59.2 Å². The van der Waals surface area contributed by atoms with E-state index in [9.17, 15) is 14.4 Å². The largest absolute Gasteiger partial charge is 0.459 e. The number of carbonyl (C=O) groups is 3. The summed E-state index contributed by atoms with van der Waals surface area (Å²) in [7, 11) is 0. The Kier molecular flexibility index (Phi) is 5.50. The molecule has 0 unspecified atom stereocenters. The standard InChI is InChI=1S/C22H18N4O4S/c1-12-5-6-14(10-17(12)25-21(29)18-4-3-9-30-18)20(28)24-15-7-8-16-19(11-15)31-22(26-16)23-13(2)27/h3-11H,1-2H3,(H,24,28)(H,25,29)(H,23,26,27). The first-order chi connectivity index (χ1) is 14.9. The van der Waals surface area contributed by atoms with Crippen LogP contribution in [-0.4, -0.2) is 22.7 Å². The number of nitrogens with zero attached hydrogens (tertiary/aromatic N) is 1. The van der Waals surface area contributed by atoms with Crippen LogP contribution in [0.25, 0.3) is 10.2 Å². The molecule has 4 rings (SSSR count). The van der Waals surface area contributed by atoms with Crippen LogP contribution < -0.4 is 16.0 Å². The Morgan fingerprint density at radius 2 is 1.81 bits per heavy atom. The summed E-state index contributed by atoms with van der Waals surface area (Å²) >= 11 is 1.32. The number of furan rings is 1. The molecule has 0 saturated carbocycles. The monoisotopic (exact) mass is 434 g/mol. The topological polar surface area (TPSA) is 113 Å². The minimum atomic E-state index is -0.392. The van der Waals surface area contributed by atoms with Crippen LogP contribution in [0.3, 0.4) is 0 Å². The van der Waals surface area contributed by atoms with Crippen molar-refractivity contribution in [1.29, 1.82) is 0 Å². The number of rotatable bonds is 5. The van der Waals surface area contributed by atoms with Crippen LogP contribution in [0.2, 0.25) is 0 Å². The fourth-order valence-corrected chi connectivity index (χ4v) is 3.85. The highest BCUT2D eigenvalue weighted by Crippen LogP contribution is 2.29. The lowest BCUT2D eigenvalue weighted by Gasteiger charge is -2.10. The summed E-state index contributed by atoms with van der Waals surface area (Å²) in [5.74, 6) is -0.719. The number of benzene rings is 2. The van der Waals surface area contributed by atoms with Crippen molar-refractivity contribution < 1.29 is 18.8 Å². The van der Waals surface area contributed by atoms with Crippen molar-refractivity contribution in [3.8, 4) is 0 Å². The maximum absolute atomic E-state index is 12.8. The van der Waals surface area contributed by atoms with Gasteiger partial charge >= 0.3 is 0 Å². The Morgan fingerprint density at radius 3 is 2.55 bits per heavy atom. The third-order valence-electron chi connectivity index (χ3n) is 4.42. The Balaban J connectivity index is 1.51. The Morgan fingerprint density at radius 1 is 0.968 bits per heavy atom. The van der Waals surface area contributed by atoms with Gasteiger partial charge in [-0.05, 0) is 55.0 Å². The maximum Gasteiger partial charge on any atom is 0.291 e. The fourth-order valence-electron chi connectivity index (χ4n) is 2.90. The molecule has 31 heavy (non-hydrogen) atoms. The molecule has 0 atom stereocenters. The molecule has 0 spiro atoms. The lowest BCUT2D eigenvalue weighted by Crippen LogP contribution is -2.15. The molecule has 4 aromatic rings. The molecular formula is C22H18N4O4S. The van der Waals surface area contributed by atoms with E-state index in [4.69, 9.17) is 4.42 Å². The van der Waals surface area contributed by atoms with Crippen molar-refractivity contribution >= 4 is 55.8 Å². The lowest BCUT2D eigenvalue weighted by molar-refractivity contribution is -0.114. The summed E-state index contributed by atoms with van der Waals surface area (Å²) in [5.41, 5.74) is 3.05. The van der Waals surface area contributed by atoms with Crippen LogP contribution in [0.1, 0.15) is 33.4 Å². The number of aryl methyl sites for hydroxylation is 1. The Hall–Kier alpha value is -3.98. The second kappa shape index (κ2) is 8.41. The van der Waals surface area contributed by atoms with Crippen LogP contribution in [0.5, 0.6) is 0 Å². The van der Waals surface area contributed by atoms with Crippen molar-refractivity contribution in [1.82, 2.24) is 4.98 Å². The quantitative estimate of drug-likeness (QED) is 0.423. The number of amides is 3. The molecule has 0 aliphatic carbocycles. The van der Waals surface area contributed by atoms with E-state index in [0.717, 1.165) is 15.8 Å². The molecule has 3 amide bonds. The van der Waals surface area contributed by atoms with Crippen LogP contribution in [0, 0.1) is 6.92 Å². The van der Waals surface area contributed by atoms with Gasteiger partial charge in [0.1, 0.15) is 0 Å². The third kappa shape index (κ3) is 4.62. The average Bonchev–Trinajstić information content (AvgIpc) is 3.38. The first-order valence-electron chi connectivity index (χ1n) is 9.34. The van der Waals surface area contributed by atoms with E-state index in [1.54, 1.807) is 48.5 Å². The predicted octanol–water partition coefficient (Wildman–Crippen LogP) is 4.66. The molecular weight excluding hydrogens is 416 g/mol. The highest BCUT2D eigenvalue weighted by atomic mass is 32.1. The van der Waals surface area contributed by atoms with E-state index < -0.39 is 5.91 Å². The SMILES string of the molecule is CC(=O)Nc1nc2ccc(NC(=O)c3ccc(C)c(NC(=O)c4ccco4)c3)cc2s1. The normalized spacial score (nSPS) is 10.6. The molecule has 0 fully saturated rings.